The Morgan fingerprint density at radius 3 is 2.15 bits per heavy atom. The molecule has 0 amide bonds. The van der Waals surface area contributed by atoms with Crippen molar-refractivity contribution in [2.24, 2.45) is 0 Å². The number of benzene rings is 1. The first-order valence-corrected chi connectivity index (χ1v) is 16.1. The molecule has 1 aromatic carbocycles. The Morgan fingerprint density at radius 2 is 1.52 bits per heavy atom. The maximum absolute atomic E-state index is 12.7. The van der Waals surface area contributed by atoms with Crippen LogP contribution in [0, 0.1) is 0 Å². The number of nitrogens with one attached hydrogen (secondary N) is 1. The zero-order valence-electron chi connectivity index (χ0n) is 19.7. The molecule has 1 saturated heterocycles. The highest BCUT2D eigenvalue weighted by Gasteiger charge is 2.37. The number of unbranched alkanes of at least 4 members (excludes halogenated alkanes) is 3. The summed E-state index contributed by atoms with van der Waals surface area (Å²) in [6, 6.07) is 10.3. The molecule has 188 valence electrons. The third kappa shape index (κ3) is 10.6. The second-order valence-corrected chi connectivity index (χ2v) is 13.8. The van der Waals surface area contributed by atoms with E-state index < -0.39 is 5.60 Å². The quantitative estimate of drug-likeness (QED) is 0.113. The molecule has 0 radical (unpaired) electrons. The first-order chi connectivity index (χ1) is 15.9. The van der Waals surface area contributed by atoms with E-state index in [9.17, 15) is 4.79 Å². The average molecular weight is 717 g/mol. The number of esters is 1. The van der Waals surface area contributed by atoms with E-state index >= 15 is 0 Å². The first kappa shape index (κ1) is 29.8. The Kier molecular flexibility index (Phi) is 14.8. The molecule has 7 heteroatoms. The lowest BCUT2D eigenvalue weighted by molar-refractivity contribution is -0.164. The second kappa shape index (κ2) is 16.3. The van der Waals surface area contributed by atoms with Crippen LogP contribution >= 0.6 is 63.7 Å². The van der Waals surface area contributed by atoms with E-state index in [1.54, 1.807) is 0 Å². The van der Waals surface area contributed by atoms with Crippen LogP contribution in [0.2, 0.25) is 0 Å². The van der Waals surface area contributed by atoms with Crippen LogP contribution in [0.15, 0.2) is 30.3 Å². The lowest BCUT2D eigenvalue weighted by atomic mass is 9.84. The van der Waals surface area contributed by atoms with E-state index in [0.717, 1.165) is 63.6 Å². The summed E-state index contributed by atoms with van der Waals surface area (Å²) in [5.74, 6) is -0.0561. The minimum Gasteiger partial charge on any atom is -0.454 e. The number of piperidine rings is 1. The van der Waals surface area contributed by atoms with Crippen LogP contribution in [0.5, 0.6) is 0 Å². The standard InChI is InChI=1S/C26H39Br4NO2/c1-2-10-21(27)23(29)19-24(30)22(28)13-8-3-4-9-14-25(32)33-26(15-17-31-18-16-26)20-11-6-5-7-12-20/h5-7,11-12,21-24,31H,2-4,8-10,13-19H2,1H3. The molecule has 1 fully saturated rings. The van der Waals surface area contributed by atoms with Crippen molar-refractivity contribution in [2.75, 3.05) is 13.1 Å². The van der Waals surface area contributed by atoms with Crippen molar-refractivity contribution in [3.63, 3.8) is 0 Å². The van der Waals surface area contributed by atoms with Gasteiger partial charge in [-0.25, -0.2) is 0 Å². The average Bonchev–Trinajstić information content (AvgIpc) is 2.82. The lowest BCUT2D eigenvalue weighted by Crippen LogP contribution is -2.43. The molecule has 0 aromatic heterocycles. The minimum absolute atomic E-state index is 0.0561. The van der Waals surface area contributed by atoms with Crippen molar-refractivity contribution in [1.29, 1.82) is 0 Å². The van der Waals surface area contributed by atoms with Gasteiger partial charge in [-0.3, -0.25) is 4.79 Å². The fourth-order valence-corrected chi connectivity index (χ4v) is 7.45. The lowest BCUT2D eigenvalue weighted by Gasteiger charge is -2.37. The van der Waals surface area contributed by atoms with Crippen LogP contribution < -0.4 is 5.32 Å². The molecule has 2 rings (SSSR count). The number of alkyl halides is 4. The summed E-state index contributed by atoms with van der Waals surface area (Å²) in [6.07, 6.45) is 11.1. The summed E-state index contributed by atoms with van der Waals surface area (Å²) >= 11 is 15.4. The SMILES string of the molecule is CCCC(Br)C(Br)CC(Br)C(Br)CCCCCCC(=O)OC1(c2ccccc2)CCNCC1. The fourth-order valence-electron chi connectivity index (χ4n) is 4.40. The molecule has 1 aliphatic rings. The predicted molar refractivity (Wildman–Crippen MR) is 154 cm³/mol. The van der Waals surface area contributed by atoms with Gasteiger partial charge in [-0.2, -0.15) is 0 Å². The Balaban J connectivity index is 1.64. The minimum atomic E-state index is -0.462. The highest BCUT2D eigenvalue weighted by atomic mass is 79.9. The molecule has 3 nitrogen and oxygen atoms in total. The van der Waals surface area contributed by atoms with Gasteiger partial charge in [0, 0.05) is 38.6 Å². The molecule has 4 unspecified atom stereocenters. The molecule has 1 heterocycles. The van der Waals surface area contributed by atoms with Crippen molar-refractivity contribution in [3.05, 3.63) is 35.9 Å². The van der Waals surface area contributed by atoms with Crippen molar-refractivity contribution < 1.29 is 9.53 Å². The van der Waals surface area contributed by atoms with Gasteiger partial charge >= 0.3 is 5.97 Å². The summed E-state index contributed by atoms with van der Waals surface area (Å²) in [4.78, 5) is 14.6. The van der Waals surface area contributed by atoms with E-state index in [-0.39, 0.29) is 5.97 Å². The summed E-state index contributed by atoms with van der Waals surface area (Å²) in [5.41, 5.74) is 0.662. The van der Waals surface area contributed by atoms with Gasteiger partial charge in [0.05, 0.1) is 0 Å². The largest absolute Gasteiger partial charge is 0.454 e. The zero-order chi connectivity index (χ0) is 24.1. The third-order valence-electron chi connectivity index (χ3n) is 6.43. The van der Waals surface area contributed by atoms with Gasteiger partial charge in [0.15, 0.2) is 0 Å². The topological polar surface area (TPSA) is 38.3 Å². The number of rotatable bonds is 15. The molecule has 33 heavy (non-hydrogen) atoms. The fraction of sp³-hybridized carbons (Fsp3) is 0.731. The predicted octanol–water partition coefficient (Wildman–Crippen LogP) is 8.39. The molecule has 1 aliphatic heterocycles. The number of hydrogen-bond acceptors (Lipinski definition) is 3. The molecule has 0 aliphatic carbocycles. The smallest absolute Gasteiger partial charge is 0.306 e. The summed E-state index contributed by atoms with van der Waals surface area (Å²) in [6.45, 7) is 3.99. The highest BCUT2D eigenvalue weighted by Crippen LogP contribution is 2.35. The van der Waals surface area contributed by atoms with Crippen molar-refractivity contribution in [2.45, 2.75) is 102 Å². The van der Waals surface area contributed by atoms with Crippen LogP contribution in [-0.2, 0) is 15.1 Å². The van der Waals surface area contributed by atoms with Gasteiger partial charge in [-0.05, 0) is 44.3 Å². The third-order valence-corrected chi connectivity index (χ3v) is 12.1. The summed E-state index contributed by atoms with van der Waals surface area (Å²) < 4.78 is 6.11. The van der Waals surface area contributed by atoms with Crippen molar-refractivity contribution in [1.82, 2.24) is 5.32 Å². The molecular formula is C26H39Br4NO2. The van der Waals surface area contributed by atoms with E-state index in [4.69, 9.17) is 4.74 Å². The van der Waals surface area contributed by atoms with Crippen LogP contribution in [0.25, 0.3) is 0 Å². The van der Waals surface area contributed by atoms with E-state index in [0.29, 0.717) is 25.7 Å². The number of halogens is 4. The molecule has 1 aromatic rings. The van der Waals surface area contributed by atoms with E-state index in [2.05, 4.69) is 88.1 Å². The second-order valence-electron chi connectivity index (χ2n) is 9.13. The Bertz CT molecular complexity index is 670. The van der Waals surface area contributed by atoms with Gasteiger partial charge in [-0.15, -0.1) is 0 Å². The summed E-state index contributed by atoms with van der Waals surface area (Å²) in [7, 11) is 0. The van der Waals surface area contributed by atoms with Gasteiger partial charge in [0.25, 0.3) is 0 Å². The van der Waals surface area contributed by atoms with E-state index in [1.165, 1.54) is 19.3 Å². The summed E-state index contributed by atoms with van der Waals surface area (Å²) in [5, 5.41) is 3.38. The normalized spacial score (nSPS) is 19.4. The Hall–Kier alpha value is 0.570. The van der Waals surface area contributed by atoms with Crippen LogP contribution in [0.4, 0.5) is 0 Å². The number of hydrogen-bond donors (Lipinski definition) is 1. The van der Waals surface area contributed by atoms with Gasteiger partial charge in [0.2, 0.25) is 0 Å². The van der Waals surface area contributed by atoms with Crippen molar-refractivity contribution in [3.8, 4) is 0 Å². The van der Waals surface area contributed by atoms with Crippen LogP contribution in [0.3, 0.4) is 0 Å². The maximum Gasteiger partial charge on any atom is 0.306 e. The van der Waals surface area contributed by atoms with E-state index in [1.807, 2.05) is 18.2 Å². The molecule has 0 saturated carbocycles. The first-order valence-electron chi connectivity index (χ1n) is 12.4. The Morgan fingerprint density at radius 1 is 0.909 bits per heavy atom. The molecule has 0 spiro atoms. The Labute approximate surface area is 234 Å². The molecule has 4 atom stereocenters. The number of carbonyl (C=O) groups excluding carboxylic acids is 1. The van der Waals surface area contributed by atoms with Crippen LogP contribution in [-0.4, -0.2) is 38.4 Å². The van der Waals surface area contributed by atoms with Gasteiger partial charge in [0.1, 0.15) is 5.60 Å². The maximum atomic E-state index is 12.7. The molecule has 0 bridgehead atoms. The number of carbonyl (C=O) groups is 1. The molecular weight excluding hydrogens is 678 g/mol. The van der Waals surface area contributed by atoms with Gasteiger partial charge in [-0.1, -0.05) is 127 Å². The van der Waals surface area contributed by atoms with Crippen molar-refractivity contribution >= 4 is 69.7 Å². The van der Waals surface area contributed by atoms with Crippen LogP contribution in [0.1, 0.15) is 83.1 Å². The van der Waals surface area contributed by atoms with Gasteiger partial charge < -0.3 is 10.1 Å². The molecule has 1 N–H and O–H groups in total. The highest BCUT2D eigenvalue weighted by molar-refractivity contribution is 9.13. The monoisotopic (exact) mass is 713 g/mol. The number of ether oxygens (including phenoxy) is 1. The zero-order valence-corrected chi connectivity index (χ0v) is 26.1.